The van der Waals surface area contributed by atoms with Gasteiger partial charge >= 0.3 is 0 Å². The molecule has 7 heteroatoms. The largest absolute Gasteiger partial charge is 0.385 e. The van der Waals surface area contributed by atoms with Crippen molar-refractivity contribution in [2.45, 2.75) is 39.2 Å². The molecule has 0 saturated heterocycles. The lowest BCUT2D eigenvalue weighted by Crippen LogP contribution is -2.18. The molecule has 0 fully saturated rings. The molecule has 1 aromatic carbocycles. The second kappa shape index (κ2) is 9.78. The predicted molar refractivity (Wildman–Crippen MR) is 126 cm³/mol. The third-order valence-electron chi connectivity index (χ3n) is 5.57. The Kier molecular flexibility index (Phi) is 6.66. The summed E-state index contributed by atoms with van der Waals surface area (Å²) < 4.78 is 8.49. The molecule has 0 aliphatic heterocycles. The molecule has 166 valence electrons. The van der Waals surface area contributed by atoms with E-state index in [9.17, 15) is 9.59 Å². The summed E-state index contributed by atoms with van der Waals surface area (Å²) in [5.41, 5.74) is 3.25. The molecule has 0 bridgehead atoms. The number of hydrogen-bond acceptors (Lipinski definition) is 4. The number of nitrogens with one attached hydrogen (secondary N) is 1. The number of nitrogens with zero attached hydrogens (tertiary/aromatic N) is 3. The number of ether oxygens (including phenoxy) is 1. The van der Waals surface area contributed by atoms with E-state index < -0.39 is 0 Å². The van der Waals surface area contributed by atoms with E-state index in [-0.39, 0.29) is 11.5 Å². The normalized spacial score (nSPS) is 11.3. The Morgan fingerprint density at radius 3 is 2.69 bits per heavy atom. The Morgan fingerprint density at radius 2 is 1.94 bits per heavy atom. The minimum atomic E-state index is -0.268. The van der Waals surface area contributed by atoms with Crippen LogP contribution < -0.4 is 10.9 Å². The molecule has 0 saturated carbocycles. The van der Waals surface area contributed by atoms with Crippen LogP contribution in [0.2, 0.25) is 0 Å². The summed E-state index contributed by atoms with van der Waals surface area (Å²) in [6.45, 7) is 3.24. The first-order valence-corrected chi connectivity index (χ1v) is 11.0. The molecule has 0 radical (unpaired) electrons. The first kappa shape index (κ1) is 21.8. The Bertz CT molecular complexity index is 1290. The second-order valence-corrected chi connectivity index (χ2v) is 7.87. The number of anilines is 1. The van der Waals surface area contributed by atoms with Crippen LogP contribution in [0.1, 0.15) is 42.2 Å². The van der Waals surface area contributed by atoms with Gasteiger partial charge in [-0.2, -0.15) is 0 Å². The van der Waals surface area contributed by atoms with Gasteiger partial charge in [-0.05, 0) is 55.2 Å². The Morgan fingerprint density at radius 1 is 1.12 bits per heavy atom. The fraction of sp³-hybridized carbons (Fsp3) is 0.320. The number of aryl methyl sites for hydroxylation is 2. The summed E-state index contributed by atoms with van der Waals surface area (Å²) in [5.74, 6) is -0.268. The number of amides is 1. The van der Waals surface area contributed by atoms with Crippen molar-refractivity contribution in [2.75, 3.05) is 19.0 Å². The van der Waals surface area contributed by atoms with E-state index in [4.69, 9.17) is 4.74 Å². The van der Waals surface area contributed by atoms with Crippen molar-refractivity contribution in [3.63, 3.8) is 0 Å². The summed E-state index contributed by atoms with van der Waals surface area (Å²) in [5, 5.41) is 3.39. The average Bonchev–Trinajstić information content (AvgIpc) is 3.18. The number of fused-ring (bicyclic) bond motifs is 2. The monoisotopic (exact) mass is 432 g/mol. The highest BCUT2D eigenvalue weighted by Crippen LogP contribution is 2.19. The molecule has 32 heavy (non-hydrogen) atoms. The molecule has 7 nitrogen and oxygen atoms in total. The van der Waals surface area contributed by atoms with E-state index in [0.29, 0.717) is 41.9 Å². The van der Waals surface area contributed by atoms with Gasteiger partial charge in [0.1, 0.15) is 17.0 Å². The number of unbranched alkanes of at least 4 members (excludes halogenated alkanes) is 1. The van der Waals surface area contributed by atoms with Crippen LogP contribution in [0.25, 0.3) is 16.7 Å². The molecule has 3 heterocycles. The van der Waals surface area contributed by atoms with Gasteiger partial charge in [-0.15, -0.1) is 0 Å². The third-order valence-corrected chi connectivity index (χ3v) is 5.57. The van der Waals surface area contributed by atoms with E-state index in [1.54, 1.807) is 31.5 Å². The van der Waals surface area contributed by atoms with Crippen molar-refractivity contribution < 1.29 is 9.53 Å². The van der Waals surface area contributed by atoms with Gasteiger partial charge in [-0.25, -0.2) is 4.98 Å². The van der Waals surface area contributed by atoms with E-state index in [1.165, 1.54) is 9.96 Å². The zero-order valence-corrected chi connectivity index (χ0v) is 18.5. The maximum absolute atomic E-state index is 13.2. The number of benzene rings is 1. The molecule has 4 aromatic rings. The summed E-state index contributed by atoms with van der Waals surface area (Å²) >= 11 is 0. The molecule has 0 unspecified atom stereocenters. The quantitative estimate of drug-likeness (QED) is 0.401. The standard InChI is InChI=1S/C25H28N4O3/c1-3-4-8-18-10-12-19(13-11-18)26-24(30)21-17-20-23(28(21)15-7-16-32-2)27-22-9-5-6-14-29(22)25(20)31/h5-6,9-14,17H,3-4,7-8,15-16H2,1-2H3,(H,26,30). The Hall–Kier alpha value is -3.45. The van der Waals surface area contributed by atoms with Crippen LogP contribution in [-0.4, -0.2) is 33.6 Å². The van der Waals surface area contributed by atoms with Crippen LogP contribution in [0.4, 0.5) is 5.69 Å². The van der Waals surface area contributed by atoms with E-state index in [0.717, 1.165) is 24.9 Å². The second-order valence-electron chi connectivity index (χ2n) is 7.87. The summed E-state index contributed by atoms with van der Waals surface area (Å²) in [6.07, 6.45) is 5.70. The maximum Gasteiger partial charge on any atom is 0.272 e. The van der Waals surface area contributed by atoms with Crippen LogP contribution in [0.15, 0.2) is 59.5 Å². The van der Waals surface area contributed by atoms with Crippen LogP contribution in [0.3, 0.4) is 0 Å². The molecular formula is C25H28N4O3. The van der Waals surface area contributed by atoms with Gasteiger partial charge in [0.05, 0.1) is 5.39 Å². The highest BCUT2D eigenvalue weighted by molar-refractivity contribution is 6.06. The van der Waals surface area contributed by atoms with Crippen LogP contribution >= 0.6 is 0 Å². The lowest BCUT2D eigenvalue weighted by atomic mass is 10.1. The number of rotatable bonds is 9. The first-order chi connectivity index (χ1) is 15.6. The number of methoxy groups -OCH3 is 1. The first-order valence-electron chi connectivity index (χ1n) is 11.0. The molecule has 0 spiro atoms. The summed E-state index contributed by atoms with van der Waals surface area (Å²) in [6, 6.07) is 15.0. The molecule has 3 aromatic heterocycles. The Labute approximate surface area is 186 Å². The highest BCUT2D eigenvalue weighted by atomic mass is 16.5. The van der Waals surface area contributed by atoms with Gasteiger partial charge in [-0.1, -0.05) is 31.5 Å². The summed E-state index contributed by atoms with van der Waals surface area (Å²) in [4.78, 5) is 30.9. The van der Waals surface area contributed by atoms with Crippen molar-refractivity contribution in [3.8, 4) is 0 Å². The molecule has 4 rings (SSSR count). The lowest BCUT2D eigenvalue weighted by Gasteiger charge is -2.11. The van der Waals surface area contributed by atoms with Gasteiger partial charge in [0.15, 0.2) is 0 Å². The van der Waals surface area contributed by atoms with Crippen molar-refractivity contribution in [3.05, 3.63) is 76.3 Å². The molecule has 1 amide bonds. The number of hydrogen-bond donors (Lipinski definition) is 1. The zero-order chi connectivity index (χ0) is 22.5. The van der Waals surface area contributed by atoms with Gasteiger partial charge in [0.25, 0.3) is 11.5 Å². The number of carbonyl (C=O) groups excluding carboxylic acids is 1. The van der Waals surface area contributed by atoms with Gasteiger partial charge in [0.2, 0.25) is 0 Å². The minimum absolute atomic E-state index is 0.189. The van der Waals surface area contributed by atoms with Crippen molar-refractivity contribution in [1.29, 1.82) is 0 Å². The topological polar surface area (TPSA) is 77.6 Å². The van der Waals surface area contributed by atoms with Crippen molar-refractivity contribution in [1.82, 2.24) is 14.0 Å². The fourth-order valence-corrected chi connectivity index (χ4v) is 3.86. The molecule has 0 aliphatic carbocycles. The van der Waals surface area contributed by atoms with Crippen LogP contribution in [0, 0.1) is 0 Å². The Balaban J connectivity index is 1.70. The lowest BCUT2D eigenvalue weighted by molar-refractivity contribution is 0.101. The van der Waals surface area contributed by atoms with Crippen LogP contribution in [-0.2, 0) is 17.7 Å². The van der Waals surface area contributed by atoms with E-state index in [2.05, 4.69) is 17.2 Å². The number of aromatic nitrogens is 3. The van der Waals surface area contributed by atoms with Crippen molar-refractivity contribution >= 4 is 28.3 Å². The highest BCUT2D eigenvalue weighted by Gasteiger charge is 2.20. The van der Waals surface area contributed by atoms with Crippen molar-refractivity contribution in [2.24, 2.45) is 0 Å². The van der Waals surface area contributed by atoms with E-state index in [1.807, 2.05) is 34.9 Å². The van der Waals surface area contributed by atoms with Gasteiger partial charge in [0, 0.05) is 32.1 Å². The molecule has 0 atom stereocenters. The maximum atomic E-state index is 13.2. The van der Waals surface area contributed by atoms with Gasteiger partial charge in [-0.3, -0.25) is 14.0 Å². The average molecular weight is 433 g/mol. The number of carbonyl (C=O) groups is 1. The van der Waals surface area contributed by atoms with Gasteiger partial charge < -0.3 is 14.6 Å². The SMILES string of the molecule is CCCCc1ccc(NC(=O)c2cc3c(=O)n4ccccc4nc3n2CCCOC)cc1. The minimum Gasteiger partial charge on any atom is -0.385 e. The third kappa shape index (κ3) is 4.43. The molecule has 1 N–H and O–H groups in total. The molecule has 0 aliphatic rings. The summed E-state index contributed by atoms with van der Waals surface area (Å²) in [7, 11) is 1.64. The smallest absolute Gasteiger partial charge is 0.272 e. The number of pyridine rings is 1. The molecular weight excluding hydrogens is 404 g/mol. The zero-order valence-electron chi connectivity index (χ0n) is 18.5. The van der Waals surface area contributed by atoms with Crippen LogP contribution in [0.5, 0.6) is 0 Å². The fourth-order valence-electron chi connectivity index (χ4n) is 3.86. The van der Waals surface area contributed by atoms with E-state index >= 15 is 0 Å². The predicted octanol–water partition coefficient (Wildman–Crippen LogP) is 4.28.